The Morgan fingerprint density at radius 2 is 2.05 bits per heavy atom. The third-order valence-corrected chi connectivity index (χ3v) is 6.26. The van der Waals surface area contributed by atoms with Crippen LogP contribution in [0.2, 0.25) is 0 Å². The fourth-order valence-corrected chi connectivity index (χ4v) is 4.24. The number of benzene rings is 1. The summed E-state index contributed by atoms with van der Waals surface area (Å²) in [6, 6.07) is 8.88. The van der Waals surface area contributed by atoms with Gasteiger partial charge in [-0.25, -0.2) is 4.98 Å². The van der Waals surface area contributed by atoms with Crippen LogP contribution in [0.4, 0.5) is 5.13 Å². The predicted octanol–water partition coefficient (Wildman–Crippen LogP) is 5.32. The second-order valence-electron chi connectivity index (χ2n) is 8.54. The van der Waals surface area contributed by atoms with Crippen LogP contribution in [-0.2, 0) is 16.6 Å². The Balaban J connectivity index is 1.69. The summed E-state index contributed by atoms with van der Waals surface area (Å²) in [6.45, 7) is 6.14. The number of methoxy groups -OCH3 is 1. The lowest BCUT2D eigenvalue weighted by molar-refractivity contribution is -0.119. The monoisotopic (exact) mass is 519 g/mol. The topological polar surface area (TPSA) is 97.6 Å². The molecule has 0 bridgehead atoms. The SMILES string of the molecule is CC/C=C(C)/N=C/C=C(\C)c1cccc(-c2csc(NC(=O)C(COC)NC(=O)c3ccn(C)c3)n2)c1. The zero-order valence-corrected chi connectivity index (χ0v) is 22.6. The molecule has 0 radical (unpaired) electrons. The third-order valence-electron chi connectivity index (χ3n) is 5.50. The van der Waals surface area contributed by atoms with Crippen molar-refractivity contribution in [3.05, 3.63) is 77.1 Å². The number of aliphatic imine (C=N–C) groups is 1. The number of nitrogens with one attached hydrogen (secondary N) is 2. The van der Waals surface area contributed by atoms with Gasteiger partial charge in [0.05, 0.1) is 17.9 Å². The number of carbonyl (C=O) groups is 2. The smallest absolute Gasteiger partial charge is 0.253 e. The quantitative estimate of drug-likeness (QED) is 0.335. The minimum absolute atomic E-state index is 0.0351. The molecule has 37 heavy (non-hydrogen) atoms. The molecule has 0 fully saturated rings. The third kappa shape index (κ3) is 8.09. The highest BCUT2D eigenvalue weighted by molar-refractivity contribution is 7.14. The minimum atomic E-state index is -0.862. The number of amides is 2. The lowest BCUT2D eigenvalue weighted by atomic mass is 10.0. The van der Waals surface area contributed by atoms with Crippen LogP contribution in [-0.4, -0.2) is 47.3 Å². The normalized spacial score (nSPS) is 13.1. The minimum Gasteiger partial charge on any atom is -0.382 e. The predicted molar refractivity (Wildman–Crippen MR) is 151 cm³/mol. The molecule has 0 saturated heterocycles. The summed E-state index contributed by atoms with van der Waals surface area (Å²) in [5.41, 5.74) is 5.29. The van der Waals surface area contributed by atoms with Gasteiger partial charge in [-0.3, -0.25) is 14.6 Å². The molecule has 0 aliphatic rings. The standard InChI is InChI=1S/C28H33N5O3S/c1-6-8-20(3)29-13-11-19(2)21-9-7-10-22(15-21)25-18-37-28(31-25)32-27(35)24(17-36-5)30-26(34)23-12-14-33(4)16-23/h7-16,18,24H,6,17H2,1-5H3,(H,30,34)(H,31,32,35)/b19-11+,20-8+,29-13+. The zero-order chi connectivity index (χ0) is 26.8. The molecule has 0 aliphatic heterocycles. The highest BCUT2D eigenvalue weighted by atomic mass is 32.1. The highest BCUT2D eigenvalue weighted by Crippen LogP contribution is 2.27. The summed E-state index contributed by atoms with van der Waals surface area (Å²) in [4.78, 5) is 34.4. The summed E-state index contributed by atoms with van der Waals surface area (Å²) in [6.07, 6.45) is 10.3. The molecular formula is C28H33N5O3S. The Morgan fingerprint density at radius 1 is 1.24 bits per heavy atom. The highest BCUT2D eigenvalue weighted by Gasteiger charge is 2.23. The maximum Gasteiger partial charge on any atom is 0.253 e. The van der Waals surface area contributed by atoms with Gasteiger partial charge in [-0.05, 0) is 49.6 Å². The Kier molecular flexibility index (Phi) is 10.1. The number of aromatic nitrogens is 2. The van der Waals surface area contributed by atoms with E-state index in [0.29, 0.717) is 10.7 Å². The molecule has 2 amide bonds. The van der Waals surface area contributed by atoms with Crippen molar-refractivity contribution in [3.63, 3.8) is 0 Å². The average molecular weight is 520 g/mol. The van der Waals surface area contributed by atoms with Crippen LogP contribution in [0.5, 0.6) is 0 Å². The molecule has 3 rings (SSSR count). The van der Waals surface area contributed by atoms with Crippen molar-refractivity contribution in [1.29, 1.82) is 0 Å². The number of thiazole rings is 1. The molecule has 2 aromatic heterocycles. The molecular weight excluding hydrogens is 486 g/mol. The van der Waals surface area contributed by atoms with Gasteiger partial charge in [0.1, 0.15) is 6.04 Å². The fraction of sp³-hybridized carbons (Fsp3) is 0.286. The van der Waals surface area contributed by atoms with Crippen LogP contribution in [0.3, 0.4) is 0 Å². The Bertz CT molecular complexity index is 1320. The van der Waals surface area contributed by atoms with Crippen molar-refractivity contribution >= 4 is 40.1 Å². The molecule has 1 aromatic carbocycles. The molecule has 0 spiro atoms. The van der Waals surface area contributed by atoms with Crippen LogP contribution in [0.15, 0.2) is 70.9 Å². The first-order valence-corrected chi connectivity index (χ1v) is 12.8. The number of nitrogens with zero attached hydrogens (tertiary/aromatic N) is 3. The van der Waals surface area contributed by atoms with E-state index in [0.717, 1.165) is 34.5 Å². The van der Waals surface area contributed by atoms with Gasteiger partial charge < -0.3 is 19.9 Å². The van der Waals surface area contributed by atoms with Crippen LogP contribution in [0, 0.1) is 0 Å². The number of rotatable bonds is 11. The lowest BCUT2D eigenvalue weighted by Gasteiger charge is -2.16. The van der Waals surface area contributed by atoms with Gasteiger partial charge in [0, 0.05) is 49.4 Å². The van der Waals surface area contributed by atoms with Crippen LogP contribution >= 0.6 is 11.3 Å². The molecule has 0 aliphatic carbocycles. The van der Waals surface area contributed by atoms with Crippen molar-refractivity contribution in [3.8, 4) is 11.3 Å². The van der Waals surface area contributed by atoms with E-state index in [1.165, 1.54) is 18.4 Å². The van der Waals surface area contributed by atoms with Gasteiger partial charge in [-0.2, -0.15) is 0 Å². The fourth-order valence-electron chi connectivity index (χ4n) is 3.52. The van der Waals surface area contributed by atoms with Gasteiger partial charge in [0.15, 0.2) is 5.13 Å². The van der Waals surface area contributed by atoms with E-state index in [1.54, 1.807) is 23.0 Å². The number of allylic oxidation sites excluding steroid dienone is 4. The maximum atomic E-state index is 12.9. The first-order valence-electron chi connectivity index (χ1n) is 12.0. The van der Waals surface area contributed by atoms with E-state index in [4.69, 9.17) is 4.74 Å². The van der Waals surface area contributed by atoms with Gasteiger partial charge in [0.2, 0.25) is 0 Å². The molecule has 194 valence electrons. The van der Waals surface area contributed by atoms with Gasteiger partial charge >= 0.3 is 0 Å². The number of hydrogen-bond donors (Lipinski definition) is 2. The van der Waals surface area contributed by atoms with Crippen molar-refractivity contribution < 1.29 is 14.3 Å². The van der Waals surface area contributed by atoms with E-state index < -0.39 is 11.9 Å². The molecule has 1 unspecified atom stereocenters. The van der Waals surface area contributed by atoms with Crippen LogP contribution in [0.25, 0.3) is 16.8 Å². The summed E-state index contributed by atoms with van der Waals surface area (Å²) in [7, 11) is 3.31. The molecule has 9 heteroatoms. The van der Waals surface area contributed by atoms with Gasteiger partial charge in [-0.15, -0.1) is 11.3 Å². The van der Waals surface area contributed by atoms with E-state index in [9.17, 15) is 9.59 Å². The van der Waals surface area contributed by atoms with Gasteiger partial charge in [-0.1, -0.05) is 31.2 Å². The van der Waals surface area contributed by atoms with Crippen LogP contribution in [0.1, 0.15) is 43.1 Å². The number of aryl methyl sites for hydroxylation is 1. The second-order valence-corrected chi connectivity index (χ2v) is 9.39. The van der Waals surface area contributed by atoms with Gasteiger partial charge in [0.25, 0.3) is 11.8 Å². The number of anilines is 1. The van der Waals surface area contributed by atoms with Crippen molar-refractivity contribution in [2.24, 2.45) is 12.0 Å². The van der Waals surface area contributed by atoms with E-state index in [2.05, 4.69) is 39.7 Å². The van der Waals surface area contributed by atoms with Crippen molar-refractivity contribution in [2.75, 3.05) is 19.0 Å². The van der Waals surface area contributed by atoms with Crippen molar-refractivity contribution in [2.45, 2.75) is 33.2 Å². The molecule has 3 aromatic rings. The molecule has 2 heterocycles. The Labute approximate surface area is 221 Å². The first kappa shape index (κ1) is 27.8. The molecule has 0 saturated carbocycles. The molecule has 1 atom stereocenters. The van der Waals surface area contributed by atoms with E-state index in [1.807, 2.05) is 56.8 Å². The Hall–Kier alpha value is -3.82. The van der Waals surface area contributed by atoms with Crippen LogP contribution < -0.4 is 10.6 Å². The van der Waals surface area contributed by atoms with E-state index >= 15 is 0 Å². The first-order chi connectivity index (χ1) is 17.8. The number of ether oxygens (including phenoxy) is 1. The maximum absolute atomic E-state index is 12.9. The van der Waals surface area contributed by atoms with E-state index in [-0.39, 0.29) is 12.5 Å². The second kappa shape index (κ2) is 13.5. The number of carbonyl (C=O) groups excluding carboxylic acids is 2. The average Bonchev–Trinajstić information content (AvgIpc) is 3.53. The van der Waals surface area contributed by atoms with Crippen molar-refractivity contribution in [1.82, 2.24) is 14.9 Å². The number of hydrogen-bond acceptors (Lipinski definition) is 6. The summed E-state index contributed by atoms with van der Waals surface area (Å²) >= 11 is 1.32. The zero-order valence-electron chi connectivity index (χ0n) is 21.8. The molecule has 2 N–H and O–H groups in total. The summed E-state index contributed by atoms with van der Waals surface area (Å²) in [5.74, 6) is -0.745. The molecule has 8 nitrogen and oxygen atoms in total. The lowest BCUT2D eigenvalue weighted by Crippen LogP contribution is -2.46. The largest absolute Gasteiger partial charge is 0.382 e. The Morgan fingerprint density at radius 3 is 2.76 bits per heavy atom. The summed E-state index contributed by atoms with van der Waals surface area (Å²) < 4.78 is 6.92. The summed E-state index contributed by atoms with van der Waals surface area (Å²) in [5, 5.41) is 7.86.